The Hall–Kier alpha value is -2.24. The lowest BCUT2D eigenvalue weighted by Gasteiger charge is -2.34. The van der Waals surface area contributed by atoms with Gasteiger partial charge in [0.1, 0.15) is 12.4 Å². The van der Waals surface area contributed by atoms with Crippen molar-refractivity contribution in [3.05, 3.63) is 59.6 Å². The van der Waals surface area contributed by atoms with Crippen molar-refractivity contribution in [1.82, 2.24) is 9.80 Å². The van der Waals surface area contributed by atoms with Gasteiger partial charge in [0.25, 0.3) is 0 Å². The number of rotatable bonds is 5. The van der Waals surface area contributed by atoms with Crippen molar-refractivity contribution in [1.29, 1.82) is 0 Å². The molecule has 0 atom stereocenters. The standard InChI is InChI=1S/C19H22ClN3O2/c20-17-8-4-5-9-18(17)25-15-14-22-10-12-23(13-11-22)19(24)21-16-6-2-1-3-7-16/h1-9H,10-15H2,(H,21,24). The van der Waals surface area contributed by atoms with E-state index in [2.05, 4.69) is 10.2 Å². The van der Waals surface area contributed by atoms with E-state index in [0.717, 1.165) is 25.3 Å². The molecule has 0 bridgehead atoms. The molecule has 2 amide bonds. The number of carbonyl (C=O) groups excluding carboxylic acids is 1. The SMILES string of the molecule is O=C(Nc1ccccc1)N1CCN(CCOc2ccccc2Cl)CC1. The van der Waals surface area contributed by atoms with Crippen molar-refractivity contribution in [2.24, 2.45) is 0 Å². The van der Waals surface area contributed by atoms with E-state index in [1.807, 2.05) is 59.5 Å². The molecule has 25 heavy (non-hydrogen) atoms. The highest BCUT2D eigenvalue weighted by atomic mass is 35.5. The molecule has 5 nitrogen and oxygen atoms in total. The van der Waals surface area contributed by atoms with Gasteiger partial charge in [0, 0.05) is 38.4 Å². The Kier molecular flexibility index (Phi) is 6.14. The number of nitrogens with zero attached hydrogens (tertiary/aromatic N) is 2. The van der Waals surface area contributed by atoms with Crippen LogP contribution in [0, 0.1) is 0 Å². The van der Waals surface area contributed by atoms with Gasteiger partial charge in [-0.05, 0) is 24.3 Å². The van der Waals surface area contributed by atoms with Crippen LogP contribution >= 0.6 is 11.6 Å². The summed E-state index contributed by atoms with van der Waals surface area (Å²) in [5, 5.41) is 3.56. The molecule has 0 aromatic heterocycles. The minimum atomic E-state index is -0.0434. The molecule has 0 spiro atoms. The molecule has 1 saturated heterocycles. The van der Waals surface area contributed by atoms with E-state index in [1.54, 1.807) is 0 Å². The van der Waals surface area contributed by atoms with Crippen molar-refractivity contribution in [3.8, 4) is 5.75 Å². The van der Waals surface area contributed by atoms with E-state index in [1.165, 1.54) is 0 Å². The number of amides is 2. The maximum Gasteiger partial charge on any atom is 0.321 e. The molecule has 0 unspecified atom stereocenters. The molecule has 132 valence electrons. The Morgan fingerprint density at radius 2 is 1.68 bits per heavy atom. The zero-order valence-corrected chi connectivity index (χ0v) is 14.8. The smallest absolute Gasteiger partial charge is 0.321 e. The summed E-state index contributed by atoms with van der Waals surface area (Å²) < 4.78 is 5.73. The van der Waals surface area contributed by atoms with Crippen molar-refractivity contribution in [2.45, 2.75) is 0 Å². The number of carbonyl (C=O) groups is 1. The average molecular weight is 360 g/mol. The molecule has 1 aliphatic rings. The van der Waals surface area contributed by atoms with Crippen LogP contribution in [0.1, 0.15) is 0 Å². The quantitative estimate of drug-likeness (QED) is 0.887. The van der Waals surface area contributed by atoms with Crippen molar-refractivity contribution >= 4 is 23.3 Å². The minimum absolute atomic E-state index is 0.0434. The minimum Gasteiger partial charge on any atom is -0.491 e. The van der Waals surface area contributed by atoms with Crippen molar-refractivity contribution < 1.29 is 9.53 Å². The monoisotopic (exact) mass is 359 g/mol. The number of ether oxygens (including phenoxy) is 1. The summed E-state index contributed by atoms with van der Waals surface area (Å²) in [5.41, 5.74) is 0.822. The van der Waals surface area contributed by atoms with Gasteiger partial charge in [-0.25, -0.2) is 4.79 Å². The number of nitrogens with one attached hydrogen (secondary N) is 1. The first-order valence-corrected chi connectivity index (χ1v) is 8.81. The van der Waals surface area contributed by atoms with Crippen LogP contribution < -0.4 is 10.1 Å². The zero-order valence-electron chi connectivity index (χ0n) is 14.0. The van der Waals surface area contributed by atoms with Crippen LogP contribution in [0.25, 0.3) is 0 Å². The Balaban J connectivity index is 1.38. The third-order valence-corrected chi connectivity index (χ3v) is 4.50. The lowest BCUT2D eigenvalue weighted by atomic mass is 10.3. The topological polar surface area (TPSA) is 44.8 Å². The van der Waals surface area contributed by atoms with Gasteiger partial charge >= 0.3 is 6.03 Å². The fourth-order valence-electron chi connectivity index (χ4n) is 2.75. The second kappa shape index (κ2) is 8.74. The van der Waals surface area contributed by atoms with Crippen LogP contribution in [0.15, 0.2) is 54.6 Å². The van der Waals surface area contributed by atoms with E-state index >= 15 is 0 Å². The molecule has 1 aliphatic heterocycles. The Labute approximate surface area is 153 Å². The third-order valence-electron chi connectivity index (χ3n) is 4.19. The van der Waals surface area contributed by atoms with Gasteiger partial charge in [-0.3, -0.25) is 4.90 Å². The summed E-state index contributed by atoms with van der Waals surface area (Å²) in [6, 6.07) is 17.0. The molecule has 0 saturated carbocycles. The first kappa shape index (κ1) is 17.6. The van der Waals surface area contributed by atoms with Crippen LogP contribution in [0.3, 0.4) is 0 Å². The van der Waals surface area contributed by atoms with Crippen LogP contribution in [0.5, 0.6) is 5.75 Å². The van der Waals surface area contributed by atoms with E-state index in [9.17, 15) is 4.79 Å². The fourth-order valence-corrected chi connectivity index (χ4v) is 2.94. The van der Waals surface area contributed by atoms with Gasteiger partial charge < -0.3 is 15.0 Å². The molecular weight excluding hydrogens is 338 g/mol. The van der Waals surface area contributed by atoms with E-state index in [0.29, 0.717) is 30.5 Å². The molecule has 2 aromatic carbocycles. The first-order chi connectivity index (χ1) is 12.2. The van der Waals surface area contributed by atoms with Gasteiger partial charge in [-0.1, -0.05) is 41.9 Å². The molecule has 2 aromatic rings. The largest absolute Gasteiger partial charge is 0.491 e. The Morgan fingerprint density at radius 3 is 2.40 bits per heavy atom. The molecule has 1 heterocycles. The van der Waals surface area contributed by atoms with Gasteiger partial charge in [0.05, 0.1) is 5.02 Å². The van der Waals surface area contributed by atoms with Crippen LogP contribution in [0.4, 0.5) is 10.5 Å². The van der Waals surface area contributed by atoms with Gasteiger partial charge in [-0.2, -0.15) is 0 Å². The summed E-state index contributed by atoms with van der Waals surface area (Å²) in [7, 11) is 0. The molecule has 3 rings (SSSR count). The lowest BCUT2D eigenvalue weighted by Crippen LogP contribution is -2.50. The number of anilines is 1. The molecular formula is C19H22ClN3O2. The number of piperazine rings is 1. The first-order valence-electron chi connectivity index (χ1n) is 8.43. The van der Waals surface area contributed by atoms with Crippen LogP contribution in [-0.4, -0.2) is 55.2 Å². The summed E-state index contributed by atoms with van der Waals surface area (Å²) in [5.74, 6) is 0.713. The number of halogens is 1. The van der Waals surface area contributed by atoms with E-state index < -0.39 is 0 Å². The highest BCUT2D eigenvalue weighted by Crippen LogP contribution is 2.22. The predicted octanol–water partition coefficient (Wildman–Crippen LogP) is 3.57. The lowest BCUT2D eigenvalue weighted by molar-refractivity contribution is 0.132. The molecule has 0 aliphatic carbocycles. The van der Waals surface area contributed by atoms with Crippen molar-refractivity contribution in [3.63, 3.8) is 0 Å². The van der Waals surface area contributed by atoms with Crippen molar-refractivity contribution in [2.75, 3.05) is 44.6 Å². The second-order valence-corrected chi connectivity index (χ2v) is 6.31. The average Bonchev–Trinajstić information content (AvgIpc) is 2.65. The third kappa shape index (κ3) is 5.11. The molecule has 1 fully saturated rings. The maximum atomic E-state index is 12.3. The summed E-state index contributed by atoms with van der Waals surface area (Å²) in [6.07, 6.45) is 0. The van der Waals surface area contributed by atoms with Crippen LogP contribution in [-0.2, 0) is 0 Å². The molecule has 1 N–H and O–H groups in total. The van der Waals surface area contributed by atoms with Gasteiger partial charge in [0.2, 0.25) is 0 Å². The molecule has 0 radical (unpaired) electrons. The number of para-hydroxylation sites is 2. The number of benzene rings is 2. The number of urea groups is 1. The normalized spacial score (nSPS) is 15.0. The molecule has 6 heteroatoms. The Morgan fingerprint density at radius 1 is 1.00 bits per heavy atom. The van der Waals surface area contributed by atoms with E-state index in [4.69, 9.17) is 16.3 Å². The fraction of sp³-hybridized carbons (Fsp3) is 0.316. The summed E-state index contributed by atoms with van der Waals surface area (Å²) in [6.45, 7) is 4.51. The second-order valence-electron chi connectivity index (χ2n) is 5.90. The Bertz CT molecular complexity index is 688. The summed E-state index contributed by atoms with van der Waals surface area (Å²) in [4.78, 5) is 16.4. The van der Waals surface area contributed by atoms with Crippen LogP contribution in [0.2, 0.25) is 5.02 Å². The predicted molar refractivity (Wildman–Crippen MR) is 100 cm³/mol. The van der Waals surface area contributed by atoms with Gasteiger partial charge in [-0.15, -0.1) is 0 Å². The number of hydrogen-bond acceptors (Lipinski definition) is 3. The van der Waals surface area contributed by atoms with E-state index in [-0.39, 0.29) is 6.03 Å². The summed E-state index contributed by atoms with van der Waals surface area (Å²) >= 11 is 6.08. The highest BCUT2D eigenvalue weighted by molar-refractivity contribution is 6.32. The number of hydrogen-bond donors (Lipinski definition) is 1. The maximum absolute atomic E-state index is 12.3. The zero-order chi connectivity index (χ0) is 17.5. The highest BCUT2D eigenvalue weighted by Gasteiger charge is 2.20. The van der Waals surface area contributed by atoms with Gasteiger partial charge in [0.15, 0.2) is 0 Å².